The maximum Gasteiger partial charge on any atom is 0.353 e. The number of hydrogen-bond donors (Lipinski definition) is 0. The highest BCUT2D eigenvalue weighted by Gasteiger charge is 2.64. The van der Waals surface area contributed by atoms with Crippen molar-refractivity contribution in [1.82, 2.24) is 4.90 Å². The van der Waals surface area contributed by atoms with Gasteiger partial charge < -0.3 is 14.5 Å². The summed E-state index contributed by atoms with van der Waals surface area (Å²) in [5.74, 6) is -0.320. The van der Waals surface area contributed by atoms with Crippen molar-refractivity contribution in [3.8, 4) is 0 Å². The lowest BCUT2D eigenvalue weighted by atomic mass is 9.75. The predicted molar refractivity (Wildman–Crippen MR) is 72.9 cm³/mol. The molecule has 0 N–H and O–H groups in total. The monoisotopic (exact) mass is 268 g/mol. The smallest absolute Gasteiger partial charge is 0.353 e. The van der Waals surface area contributed by atoms with Crippen LogP contribution in [0.4, 0.5) is 0 Å². The minimum atomic E-state index is -0.910. The Kier molecular flexibility index (Phi) is 3.37. The molecule has 0 spiro atoms. The summed E-state index contributed by atoms with van der Waals surface area (Å²) in [6, 6.07) is 0.263. The Hall–Kier alpha value is -1.10. The van der Waals surface area contributed by atoms with E-state index in [1.807, 2.05) is 14.1 Å². The van der Waals surface area contributed by atoms with Gasteiger partial charge in [0.15, 0.2) is 0 Å². The van der Waals surface area contributed by atoms with Gasteiger partial charge in [-0.25, -0.2) is 4.79 Å². The lowest BCUT2D eigenvalue weighted by Gasteiger charge is -2.33. The van der Waals surface area contributed by atoms with Crippen LogP contribution in [0.2, 0.25) is 0 Å². The molecule has 108 valence electrons. The van der Waals surface area contributed by atoms with E-state index in [0.29, 0.717) is 6.42 Å². The van der Waals surface area contributed by atoms with Crippen LogP contribution in [0.5, 0.6) is 0 Å². The van der Waals surface area contributed by atoms with E-state index in [2.05, 4.69) is 30.8 Å². The molecule has 1 aliphatic carbocycles. The summed E-state index contributed by atoms with van der Waals surface area (Å²) in [4.78, 5) is 20.0. The summed E-state index contributed by atoms with van der Waals surface area (Å²) >= 11 is 0. The molecule has 2 aliphatic rings. The van der Waals surface area contributed by atoms with Crippen LogP contribution >= 0.6 is 0 Å². The summed E-state index contributed by atoms with van der Waals surface area (Å²) in [6.07, 6.45) is 1.58. The Morgan fingerprint density at radius 3 is 2.58 bits per heavy atom. The van der Waals surface area contributed by atoms with Gasteiger partial charge in [0.2, 0.25) is 5.60 Å². The number of fused-ring (bicyclic) bond motifs is 1. The molecule has 1 aliphatic heterocycles. The van der Waals surface area contributed by atoms with E-state index in [0.717, 1.165) is 12.1 Å². The fourth-order valence-electron chi connectivity index (χ4n) is 3.29. The molecule has 0 aromatic heterocycles. The highest BCUT2D eigenvalue weighted by molar-refractivity contribution is 5.99. The first kappa shape index (κ1) is 14.3. The molecule has 0 amide bonds. The Morgan fingerprint density at radius 2 is 2.11 bits per heavy atom. The summed E-state index contributed by atoms with van der Waals surface area (Å²) in [5, 5.41) is 4.25. The zero-order chi connectivity index (χ0) is 14.4. The highest BCUT2D eigenvalue weighted by Crippen LogP contribution is 2.49. The van der Waals surface area contributed by atoms with Gasteiger partial charge >= 0.3 is 5.97 Å². The molecule has 1 heterocycles. The number of methoxy groups -OCH3 is 1. The fourth-order valence-corrected chi connectivity index (χ4v) is 3.29. The molecule has 0 saturated heterocycles. The van der Waals surface area contributed by atoms with Gasteiger partial charge in [-0.15, -0.1) is 0 Å². The van der Waals surface area contributed by atoms with Crippen molar-refractivity contribution in [3.63, 3.8) is 0 Å². The van der Waals surface area contributed by atoms with Gasteiger partial charge in [-0.3, -0.25) is 0 Å². The number of hydrogen-bond acceptors (Lipinski definition) is 5. The van der Waals surface area contributed by atoms with Crippen molar-refractivity contribution < 1.29 is 14.4 Å². The van der Waals surface area contributed by atoms with Gasteiger partial charge in [0.1, 0.15) is 0 Å². The van der Waals surface area contributed by atoms with Crippen molar-refractivity contribution in [2.45, 2.75) is 45.3 Å². The second-order valence-corrected chi connectivity index (χ2v) is 6.75. The van der Waals surface area contributed by atoms with Gasteiger partial charge in [0, 0.05) is 17.9 Å². The molecular formula is C14H24N2O3. The van der Waals surface area contributed by atoms with Crippen LogP contribution in [0, 0.1) is 11.3 Å². The largest absolute Gasteiger partial charge is 0.466 e. The summed E-state index contributed by atoms with van der Waals surface area (Å²) in [5.41, 5.74) is -0.0557. The second kappa shape index (κ2) is 4.47. The van der Waals surface area contributed by atoms with E-state index < -0.39 is 5.60 Å². The number of nitrogens with zero attached hydrogens (tertiary/aromatic N) is 2. The number of carbonyl (C=O) groups is 1. The van der Waals surface area contributed by atoms with E-state index >= 15 is 0 Å². The van der Waals surface area contributed by atoms with E-state index in [1.54, 1.807) is 0 Å². The van der Waals surface area contributed by atoms with Gasteiger partial charge in [-0.2, -0.15) is 0 Å². The average Bonchev–Trinajstić information content (AvgIpc) is 2.82. The van der Waals surface area contributed by atoms with E-state index in [1.165, 1.54) is 7.11 Å². The van der Waals surface area contributed by atoms with Crippen LogP contribution in [0.25, 0.3) is 0 Å². The van der Waals surface area contributed by atoms with Crippen molar-refractivity contribution in [2.75, 3.05) is 21.2 Å². The Morgan fingerprint density at radius 1 is 1.47 bits per heavy atom. The average molecular weight is 268 g/mol. The van der Waals surface area contributed by atoms with Gasteiger partial charge in [-0.1, -0.05) is 25.9 Å². The Balaban J connectivity index is 2.42. The summed E-state index contributed by atoms with van der Waals surface area (Å²) in [7, 11) is 5.49. The lowest BCUT2D eigenvalue weighted by molar-refractivity contribution is -0.169. The number of carbonyl (C=O) groups excluding carboxylic acids is 1. The minimum Gasteiger partial charge on any atom is -0.466 e. The maximum atomic E-state index is 12.2. The zero-order valence-corrected chi connectivity index (χ0v) is 12.7. The summed E-state index contributed by atoms with van der Waals surface area (Å²) < 4.78 is 4.97. The van der Waals surface area contributed by atoms with Crippen LogP contribution in [0.3, 0.4) is 0 Å². The molecule has 1 saturated carbocycles. The SMILES string of the molecule is COC(=O)C12CCC(N(C)C)C1C(C(C)(C)C)=NO2. The molecule has 0 bridgehead atoms. The normalized spacial score (nSPS) is 33.9. The first-order chi connectivity index (χ1) is 8.74. The maximum absolute atomic E-state index is 12.2. The molecule has 1 fully saturated rings. The molecule has 3 unspecified atom stereocenters. The number of oxime groups is 1. The molecule has 19 heavy (non-hydrogen) atoms. The second-order valence-electron chi connectivity index (χ2n) is 6.75. The lowest BCUT2D eigenvalue weighted by Crippen LogP contribution is -2.51. The number of esters is 1. The minimum absolute atomic E-state index is 0.0186. The van der Waals surface area contributed by atoms with Gasteiger partial charge in [-0.05, 0) is 20.5 Å². The third-order valence-electron chi connectivity index (χ3n) is 4.26. The van der Waals surface area contributed by atoms with Crippen LogP contribution in [0.1, 0.15) is 33.6 Å². The first-order valence-electron chi connectivity index (χ1n) is 6.75. The first-order valence-corrected chi connectivity index (χ1v) is 6.75. The molecule has 0 aromatic rings. The van der Waals surface area contributed by atoms with Crippen molar-refractivity contribution in [3.05, 3.63) is 0 Å². The fraction of sp³-hybridized carbons (Fsp3) is 0.857. The van der Waals surface area contributed by atoms with E-state index in [9.17, 15) is 4.79 Å². The molecule has 0 aromatic carbocycles. The summed E-state index contributed by atoms with van der Waals surface area (Å²) in [6.45, 7) is 6.31. The third kappa shape index (κ3) is 2.04. The van der Waals surface area contributed by atoms with E-state index in [4.69, 9.17) is 9.57 Å². The van der Waals surface area contributed by atoms with Crippen molar-refractivity contribution >= 4 is 11.7 Å². The van der Waals surface area contributed by atoms with Crippen LogP contribution in [-0.2, 0) is 14.4 Å². The predicted octanol–water partition coefficient (Wildman–Crippen LogP) is 1.67. The molecule has 3 atom stereocenters. The van der Waals surface area contributed by atoms with Crippen LogP contribution < -0.4 is 0 Å². The standard InChI is InChI=1S/C14H24N2O3/c1-13(2,3)11-10-9(16(4)5)7-8-14(10,19-15-11)12(17)18-6/h9-10H,7-8H2,1-6H3. The number of ether oxygens (including phenoxy) is 1. The van der Waals surface area contributed by atoms with E-state index in [-0.39, 0.29) is 23.3 Å². The third-order valence-corrected chi connectivity index (χ3v) is 4.26. The quantitative estimate of drug-likeness (QED) is 0.715. The van der Waals surface area contributed by atoms with Gasteiger partial charge in [0.25, 0.3) is 0 Å². The van der Waals surface area contributed by atoms with Crippen molar-refractivity contribution in [1.29, 1.82) is 0 Å². The topological polar surface area (TPSA) is 51.1 Å². The highest BCUT2D eigenvalue weighted by atomic mass is 16.7. The van der Waals surface area contributed by atoms with Crippen LogP contribution in [0.15, 0.2) is 5.16 Å². The van der Waals surface area contributed by atoms with Crippen molar-refractivity contribution in [2.24, 2.45) is 16.5 Å². The van der Waals surface area contributed by atoms with Gasteiger partial charge in [0.05, 0.1) is 18.7 Å². The molecule has 0 radical (unpaired) electrons. The molecule has 2 rings (SSSR count). The van der Waals surface area contributed by atoms with Crippen LogP contribution in [-0.4, -0.2) is 49.4 Å². The molecular weight excluding hydrogens is 244 g/mol. The number of rotatable bonds is 2. The molecule has 5 heteroatoms. The Labute approximate surface area is 114 Å². The Bertz CT molecular complexity index is 411. The molecule has 5 nitrogen and oxygen atoms in total. The zero-order valence-electron chi connectivity index (χ0n) is 12.7.